The van der Waals surface area contributed by atoms with Crippen LogP contribution < -0.4 is 16.0 Å². The maximum atomic E-state index is 11.3. The van der Waals surface area contributed by atoms with Gasteiger partial charge in [0.15, 0.2) is 0 Å². The fourth-order valence-electron chi connectivity index (χ4n) is 3.13. The summed E-state index contributed by atoms with van der Waals surface area (Å²) in [6, 6.07) is 9.54. The Labute approximate surface area is 151 Å². The van der Waals surface area contributed by atoms with Crippen LogP contribution >= 0.6 is 0 Å². The predicted octanol–water partition coefficient (Wildman–Crippen LogP) is 2.74. The van der Waals surface area contributed by atoms with Crippen LogP contribution in [-0.2, 0) is 4.79 Å². The molecular formula is C18H21N5O3. The number of nitro groups is 1. The highest BCUT2D eigenvalue weighted by atomic mass is 16.6. The van der Waals surface area contributed by atoms with Crippen LogP contribution in [0, 0.1) is 23.0 Å². The number of pyridine rings is 1. The average molecular weight is 355 g/mol. The zero-order valence-electron chi connectivity index (χ0n) is 14.5. The quantitative estimate of drug-likeness (QED) is 0.629. The smallest absolute Gasteiger partial charge is 0.290 e. The van der Waals surface area contributed by atoms with Gasteiger partial charge in [0.1, 0.15) is 12.0 Å². The molecule has 8 nitrogen and oxygen atoms in total. The predicted molar refractivity (Wildman–Crippen MR) is 99.5 cm³/mol. The van der Waals surface area contributed by atoms with Gasteiger partial charge in [-0.2, -0.15) is 0 Å². The van der Waals surface area contributed by atoms with E-state index < -0.39 is 4.92 Å². The zero-order valence-corrected chi connectivity index (χ0v) is 14.5. The minimum absolute atomic E-state index is 0.00487. The standard InChI is InChI=1S/C18H21N5O3/c1-12-10-17(20-11-16(12)23(25)26)21-14-2-4-15(5-3-14)22-8-6-13(7-9-22)18(19)24/h2-5,10-11,13H,6-9H2,1H3,(H2,19,24)(H,20,21). The van der Waals surface area contributed by atoms with E-state index in [4.69, 9.17) is 5.73 Å². The molecular weight excluding hydrogens is 334 g/mol. The van der Waals surface area contributed by atoms with E-state index in [0.717, 1.165) is 37.3 Å². The van der Waals surface area contributed by atoms with Gasteiger partial charge in [0.25, 0.3) is 5.69 Å². The first-order chi connectivity index (χ1) is 12.4. The molecule has 0 unspecified atom stereocenters. The van der Waals surface area contributed by atoms with Crippen molar-refractivity contribution in [2.45, 2.75) is 19.8 Å². The third-order valence-corrected chi connectivity index (χ3v) is 4.68. The summed E-state index contributed by atoms with van der Waals surface area (Å²) in [6.07, 6.45) is 2.82. The molecule has 1 fully saturated rings. The third kappa shape index (κ3) is 3.90. The molecule has 1 amide bonds. The van der Waals surface area contributed by atoms with E-state index in [-0.39, 0.29) is 17.5 Å². The first-order valence-electron chi connectivity index (χ1n) is 8.46. The molecule has 26 heavy (non-hydrogen) atoms. The molecule has 0 atom stereocenters. The number of aryl methyl sites for hydroxylation is 1. The molecule has 1 aliphatic rings. The number of nitrogens with two attached hydrogens (primary N) is 1. The monoisotopic (exact) mass is 355 g/mol. The molecule has 1 aliphatic heterocycles. The number of carbonyl (C=O) groups excluding carboxylic acids is 1. The van der Waals surface area contributed by atoms with E-state index in [1.165, 1.54) is 6.20 Å². The van der Waals surface area contributed by atoms with Crippen LogP contribution in [0.2, 0.25) is 0 Å². The van der Waals surface area contributed by atoms with Crippen molar-refractivity contribution in [2.75, 3.05) is 23.3 Å². The van der Waals surface area contributed by atoms with Crippen LogP contribution in [0.1, 0.15) is 18.4 Å². The summed E-state index contributed by atoms with van der Waals surface area (Å²) in [5, 5.41) is 14.0. The lowest BCUT2D eigenvalue weighted by Gasteiger charge is -2.32. The number of nitrogens with zero attached hydrogens (tertiary/aromatic N) is 3. The number of hydrogen-bond donors (Lipinski definition) is 2. The highest BCUT2D eigenvalue weighted by Gasteiger charge is 2.23. The summed E-state index contributed by atoms with van der Waals surface area (Å²) < 4.78 is 0. The second-order valence-corrected chi connectivity index (χ2v) is 6.45. The number of benzene rings is 1. The lowest BCUT2D eigenvalue weighted by molar-refractivity contribution is -0.385. The Kier molecular flexibility index (Phi) is 5.01. The Bertz CT molecular complexity index is 814. The zero-order chi connectivity index (χ0) is 18.7. The topological polar surface area (TPSA) is 114 Å². The van der Waals surface area contributed by atoms with Crippen LogP contribution in [0.15, 0.2) is 36.5 Å². The van der Waals surface area contributed by atoms with Gasteiger partial charge in [0.05, 0.1) is 4.92 Å². The van der Waals surface area contributed by atoms with E-state index in [1.807, 2.05) is 24.3 Å². The minimum Gasteiger partial charge on any atom is -0.371 e. The van der Waals surface area contributed by atoms with Crippen molar-refractivity contribution in [2.24, 2.45) is 11.7 Å². The van der Waals surface area contributed by atoms with Crippen molar-refractivity contribution in [3.05, 3.63) is 52.2 Å². The second-order valence-electron chi connectivity index (χ2n) is 6.45. The molecule has 2 heterocycles. The first kappa shape index (κ1) is 17.7. The van der Waals surface area contributed by atoms with Gasteiger partial charge in [-0.15, -0.1) is 0 Å². The molecule has 0 aliphatic carbocycles. The SMILES string of the molecule is Cc1cc(Nc2ccc(N3CCC(C(N)=O)CC3)cc2)ncc1[N+](=O)[O-]. The Morgan fingerprint density at radius 1 is 1.31 bits per heavy atom. The van der Waals surface area contributed by atoms with Crippen LogP contribution in [-0.4, -0.2) is 28.9 Å². The Balaban J connectivity index is 1.64. The molecule has 1 aromatic heterocycles. The number of anilines is 3. The summed E-state index contributed by atoms with van der Waals surface area (Å²) in [5.74, 6) is 0.321. The minimum atomic E-state index is -0.442. The van der Waals surface area contributed by atoms with Gasteiger partial charge in [-0.3, -0.25) is 14.9 Å². The molecule has 0 bridgehead atoms. The van der Waals surface area contributed by atoms with Crippen molar-refractivity contribution >= 4 is 28.8 Å². The molecule has 0 radical (unpaired) electrons. The number of primary amides is 1. The van der Waals surface area contributed by atoms with Crippen molar-refractivity contribution in [3.63, 3.8) is 0 Å². The lowest BCUT2D eigenvalue weighted by atomic mass is 9.96. The van der Waals surface area contributed by atoms with Crippen molar-refractivity contribution < 1.29 is 9.72 Å². The average Bonchev–Trinajstić information content (AvgIpc) is 2.62. The number of aromatic nitrogens is 1. The highest BCUT2D eigenvalue weighted by Crippen LogP contribution is 2.26. The van der Waals surface area contributed by atoms with Gasteiger partial charge in [-0.05, 0) is 50.1 Å². The summed E-state index contributed by atoms with van der Waals surface area (Å²) in [6.45, 7) is 3.30. The normalized spacial score (nSPS) is 14.9. The van der Waals surface area contributed by atoms with E-state index in [2.05, 4.69) is 15.2 Å². The molecule has 3 N–H and O–H groups in total. The van der Waals surface area contributed by atoms with Gasteiger partial charge in [0.2, 0.25) is 5.91 Å². The first-order valence-corrected chi connectivity index (χ1v) is 8.46. The Morgan fingerprint density at radius 3 is 2.50 bits per heavy atom. The second kappa shape index (κ2) is 7.38. The largest absolute Gasteiger partial charge is 0.371 e. The molecule has 8 heteroatoms. The third-order valence-electron chi connectivity index (χ3n) is 4.68. The number of hydrogen-bond acceptors (Lipinski definition) is 6. The number of amides is 1. The Hall–Kier alpha value is -3.16. The highest BCUT2D eigenvalue weighted by molar-refractivity contribution is 5.77. The van der Waals surface area contributed by atoms with Crippen LogP contribution in [0.4, 0.5) is 22.9 Å². The number of nitrogens with one attached hydrogen (secondary N) is 1. The van der Waals surface area contributed by atoms with E-state index in [9.17, 15) is 14.9 Å². The fraction of sp³-hybridized carbons (Fsp3) is 0.333. The van der Waals surface area contributed by atoms with E-state index in [1.54, 1.807) is 13.0 Å². The molecule has 1 saturated heterocycles. The summed E-state index contributed by atoms with van der Waals surface area (Å²) >= 11 is 0. The van der Waals surface area contributed by atoms with Crippen LogP contribution in [0.5, 0.6) is 0 Å². The fourth-order valence-corrected chi connectivity index (χ4v) is 3.13. The number of carbonyl (C=O) groups is 1. The molecule has 1 aromatic carbocycles. The molecule has 0 spiro atoms. The van der Waals surface area contributed by atoms with E-state index in [0.29, 0.717) is 11.4 Å². The molecule has 2 aromatic rings. The molecule has 0 saturated carbocycles. The maximum absolute atomic E-state index is 11.3. The van der Waals surface area contributed by atoms with Crippen LogP contribution in [0.25, 0.3) is 0 Å². The van der Waals surface area contributed by atoms with Gasteiger partial charge in [-0.25, -0.2) is 4.98 Å². The van der Waals surface area contributed by atoms with Gasteiger partial charge < -0.3 is 16.0 Å². The van der Waals surface area contributed by atoms with Gasteiger partial charge in [0, 0.05) is 35.9 Å². The summed E-state index contributed by atoms with van der Waals surface area (Å²) in [7, 11) is 0. The number of rotatable bonds is 5. The van der Waals surface area contributed by atoms with Gasteiger partial charge >= 0.3 is 0 Å². The van der Waals surface area contributed by atoms with Crippen molar-refractivity contribution in [1.82, 2.24) is 4.98 Å². The summed E-state index contributed by atoms with van der Waals surface area (Å²) in [5.41, 5.74) is 7.87. The van der Waals surface area contributed by atoms with Gasteiger partial charge in [-0.1, -0.05) is 0 Å². The summed E-state index contributed by atoms with van der Waals surface area (Å²) in [4.78, 5) is 28.0. The van der Waals surface area contributed by atoms with E-state index >= 15 is 0 Å². The molecule has 136 valence electrons. The van der Waals surface area contributed by atoms with Crippen LogP contribution in [0.3, 0.4) is 0 Å². The molecule has 3 rings (SSSR count). The lowest BCUT2D eigenvalue weighted by Crippen LogP contribution is -2.38. The Morgan fingerprint density at radius 2 is 1.96 bits per heavy atom. The van der Waals surface area contributed by atoms with Crippen molar-refractivity contribution in [1.29, 1.82) is 0 Å². The number of piperidine rings is 1. The van der Waals surface area contributed by atoms with Crippen molar-refractivity contribution in [3.8, 4) is 0 Å². The maximum Gasteiger partial charge on any atom is 0.290 e.